The standard InChI is InChI=1S/C15H21BFNO2/c1-14(2)15(3,4)20-16(19-14)12-8-10(17)9-13-11(12)6-5-7-18-13/h8-9,18H,5-7H2,1-4H3. The van der Waals surface area contributed by atoms with Gasteiger partial charge in [0.2, 0.25) is 0 Å². The van der Waals surface area contributed by atoms with Gasteiger partial charge in [-0.2, -0.15) is 0 Å². The van der Waals surface area contributed by atoms with Gasteiger partial charge in [0.1, 0.15) is 5.82 Å². The fourth-order valence-corrected chi connectivity index (χ4v) is 2.76. The molecule has 3 rings (SSSR count). The van der Waals surface area contributed by atoms with Crippen molar-refractivity contribution in [2.45, 2.75) is 51.7 Å². The first-order chi connectivity index (χ1) is 9.30. The Hall–Kier alpha value is -1.07. The molecule has 0 bridgehead atoms. The van der Waals surface area contributed by atoms with Crippen molar-refractivity contribution in [3.05, 3.63) is 23.5 Å². The van der Waals surface area contributed by atoms with E-state index in [1.807, 2.05) is 27.7 Å². The maximum atomic E-state index is 13.8. The molecule has 0 radical (unpaired) electrons. The average Bonchev–Trinajstić information content (AvgIpc) is 2.57. The van der Waals surface area contributed by atoms with Gasteiger partial charge < -0.3 is 14.6 Å². The van der Waals surface area contributed by atoms with Gasteiger partial charge in [-0.15, -0.1) is 0 Å². The van der Waals surface area contributed by atoms with E-state index in [1.54, 1.807) is 12.1 Å². The summed E-state index contributed by atoms with van der Waals surface area (Å²) in [4.78, 5) is 0. The Morgan fingerprint density at radius 2 is 1.80 bits per heavy atom. The highest BCUT2D eigenvalue weighted by Gasteiger charge is 2.52. The summed E-state index contributed by atoms with van der Waals surface area (Å²) in [6, 6.07) is 3.11. The van der Waals surface area contributed by atoms with Crippen LogP contribution in [-0.4, -0.2) is 24.9 Å². The molecule has 1 N–H and O–H groups in total. The van der Waals surface area contributed by atoms with Crippen molar-refractivity contribution in [2.75, 3.05) is 11.9 Å². The quantitative estimate of drug-likeness (QED) is 0.800. The lowest BCUT2D eigenvalue weighted by atomic mass is 9.74. The van der Waals surface area contributed by atoms with Gasteiger partial charge in [0.05, 0.1) is 11.2 Å². The Bertz CT molecular complexity index is 529. The molecule has 5 heteroatoms. The maximum absolute atomic E-state index is 13.8. The molecule has 0 unspecified atom stereocenters. The number of halogens is 1. The predicted molar refractivity (Wildman–Crippen MR) is 78.9 cm³/mol. The molecule has 0 saturated carbocycles. The minimum absolute atomic E-state index is 0.247. The van der Waals surface area contributed by atoms with Gasteiger partial charge in [-0.05, 0) is 63.7 Å². The van der Waals surface area contributed by atoms with Crippen molar-refractivity contribution >= 4 is 18.3 Å². The zero-order valence-electron chi connectivity index (χ0n) is 12.5. The molecule has 2 heterocycles. The largest absolute Gasteiger partial charge is 0.495 e. The molecule has 1 aromatic rings. The van der Waals surface area contributed by atoms with E-state index in [0.29, 0.717) is 0 Å². The highest BCUT2D eigenvalue weighted by atomic mass is 19.1. The van der Waals surface area contributed by atoms with Gasteiger partial charge in [-0.25, -0.2) is 4.39 Å². The third-order valence-electron chi connectivity index (χ3n) is 4.68. The number of rotatable bonds is 1. The van der Waals surface area contributed by atoms with E-state index in [0.717, 1.165) is 36.1 Å². The van der Waals surface area contributed by atoms with Gasteiger partial charge in [0, 0.05) is 12.2 Å². The van der Waals surface area contributed by atoms with Crippen LogP contribution in [0.25, 0.3) is 0 Å². The number of nitrogens with one attached hydrogen (secondary N) is 1. The summed E-state index contributed by atoms with van der Waals surface area (Å²) in [5.41, 5.74) is 2.01. The second-order valence-corrected chi connectivity index (χ2v) is 6.64. The molecule has 20 heavy (non-hydrogen) atoms. The van der Waals surface area contributed by atoms with E-state index in [4.69, 9.17) is 9.31 Å². The molecule has 0 amide bonds. The lowest BCUT2D eigenvalue weighted by Crippen LogP contribution is -2.41. The van der Waals surface area contributed by atoms with Crippen LogP contribution in [0.15, 0.2) is 12.1 Å². The van der Waals surface area contributed by atoms with Crippen LogP contribution in [0.1, 0.15) is 39.7 Å². The van der Waals surface area contributed by atoms with Crippen molar-refractivity contribution in [3.8, 4) is 0 Å². The molecule has 3 nitrogen and oxygen atoms in total. The minimum Gasteiger partial charge on any atom is -0.399 e. The number of hydrogen-bond acceptors (Lipinski definition) is 3. The van der Waals surface area contributed by atoms with E-state index in [9.17, 15) is 4.39 Å². The van der Waals surface area contributed by atoms with Crippen molar-refractivity contribution in [1.29, 1.82) is 0 Å². The number of hydrogen-bond donors (Lipinski definition) is 1. The first-order valence-electron chi connectivity index (χ1n) is 7.22. The summed E-state index contributed by atoms with van der Waals surface area (Å²) >= 11 is 0. The predicted octanol–water partition coefficient (Wildman–Crippen LogP) is 2.48. The fourth-order valence-electron chi connectivity index (χ4n) is 2.76. The second kappa shape index (κ2) is 4.47. The SMILES string of the molecule is CC1(C)OB(c2cc(F)cc3c2CCCN3)OC1(C)C. The highest BCUT2D eigenvalue weighted by Crippen LogP contribution is 2.37. The Kier molecular flexibility index (Phi) is 3.10. The molecule has 0 aromatic heterocycles. The summed E-state index contributed by atoms with van der Waals surface area (Å²) < 4.78 is 26.0. The van der Waals surface area contributed by atoms with Crippen molar-refractivity contribution in [2.24, 2.45) is 0 Å². The summed E-state index contributed by atoms with van der Waals surface area (Å²) in [5.74, 6) is -0.247. The zero-order valence-corrected chi connectivity index (χ0v) is 12.5. The van der Waals surface area contributed by atoms with E-state index < -0.39 is 18.3 Å². The first kappa shape index (κ1) is 13.9. The van der Waals surface area contributed by atoms with Crippen molar-refractivity contribution < 1.29 is 13.7 Å². The number of anilines is 1. The number of benzene rings is 1. The maximum Gasteiger partial charge on any atom is 0.495 e. The highest BCUT2D eigenvalue weighted by molar-refractivity contribution is 6.62. The first-order valence-corrected chi connectivity index (χ1v) is 7.22. The van der Waals surface area contributed by atoms with E-state index >= 15 is 0 Å². The third-order valence-corrected chi connectivity index (χ3v) is 4.68. The van der Waals surface area contributed by atoms with Crippen LogP contribution in [0.5, 0.6) is 0 Å². The van der Waals surface area contributed by atoms with Crippen LogP contribution in [0.2, 0.25) is 0 Å². The van der Waals surface area contributed by atoms with Crippen molar-refractivity contribution in [3.63, 3.8) is 0 Å². The van der Waals surface area contributed by atoms with Gasteiger partial charge >= 0.3 is 7.12 Å². The second-order valence-electron chi connectivity index (χ2n) is 6.64. The van der Waals surface area contributed by atoms with Crippen LogP contribution in [-0.2, 0) is 15.7 Å². The summed E-state index contributed by atoms with van der Waals surface area (Å²) in [6.45, 7) is 8.93. The lowest BCUT2D eigenvalue weighted by molar-refractivity contribution is 0.00578. The van der Waals surface area contributed by atoms with E-state index in [2.05, 4.69) is 5.32 Å². The van der Waals surface area contributed by atoms with Crippen molar-refractivity contribution in [1.82, 2.24) is 0 Å². The molecule has 1 fully saturated rings. The number of fused-ring (bicyclic) bond motifs is 1. The Labute approximate surface area is 120 Å². The topological polar surface area (TPSA) is 30.5 Å². The molecule has 1 aromatic carbocycles. The van der Waals surface area contributed by atoms with Gasteiger partial charge in [0.25, 0.3) is 0 Å². The molecular formula is C15H21BFNO2. The molecular weight excluding hydrogens is 256 g/mol. The van der Waals surface area contributed by atoms with E-state index in [1.165, 1.54) is 0 Å². The zero-order chi connectivity index (χ0) is 14.5. The molecule has 0 spiro atoms. The van der Waals surface area contributed by atoms with Gasteiger partial charge in [-0.1, -0.05) is 0 Å². The summed E-state index contributed by atoms with van der Waals surface area (Å²) in [6.07, 6.45) is 1.98. The molecule has 2 aliphatic rings. The minimum atomic E-state index is -0.496. The van der Waals surface area contributed by atoms with Crippen LogP contribution >= 0.6 is 0 Å². The smallest absolute Gasteiger partial charge is 0.399 e. The van der Waals surface area contributed by atoms with Gasteiger partial charge in [-0.3, -0.25) is 0 Å². The van der Waals surface area contributed by atoms with Crippen LogP contribution in [0.4, 0.5) is 10.1 Å². The monoisotopic (exact) mass is 277 g/mol. The normalized spacial score (nSPS) is 23.4. The third kappa shape index (κ3) is 2.13. The Balaban J connectivity index is 2.01. The molecule has 1 saturated heterocycles. The average molecular weight is 277 g/mol. The Morgan fingerprint density at radius 1 is 1.15 bits per heavy atom. The Morgan fingerprint density at radius 3 is 2.45 bits per heavy atom. The van der Waals surface area contributed by atoms with Crippen LogP contribution < -0.4 is 10.8 Å². The lowest BCUT2D eigenvalue weighted by Gasteiger charge is -2.32. The van der Waals surface area contributed by atoms with E-state index in [-0.39, 0.29) is 5.82 Å². The van der Waals surface area contributed by atoms with Gasteiger partial charge in [0.15, 0.2) is 0 Å². The molecule has 0 aliphatic carbocycles. The van der Waals surface area contributed by atoms with Crippen LogP contribution in [0.3, 0.4) is 0 Å². The molecule has 2 aliphatic heterocycles. The van der Waals surface area contributed by atoms with Crippen LogP contribution in [0, 0.1) is 5.82 Å². The molecule has 0 atom stereocenters. The fraction of sp³-hybridized carbons (Fsp3) is 0.600. The summed E-state index contributed by atoms with van der Waals surface area (Å²) in [7, 11) is -0.496. The molecule has 108 valence electrons. The summed E-state index contributed by atoms with van der Waals surface area (Å²) in [5, 5.41) is 3.26.